The molecule has 0 fully saturated rings. The minimum atomic E-state index is -0.247. The topological polar surface area (TPSA) is 46.9 Å². The Balaban J connectivity index is 2.00. The third kappa shape index (κ3) is 2.05. The summed E-state index contributed by atoms with van der Waals surface area (Å²) in [4.78, 5) is 12.4. The molecule has 3 aromatic rings. The molecule has 0 spiro atoms. The summed E-state index contributed by atoms with van der Waals surface area (Å²) in [6.45, 7) is 3.86. The second-order valence-corrected chi connectivity index (χ2v) is 4.76. The smallest absolute Gasteiger partial charge is 0.306 e. The Morgan fingerprint density at radius 1 is 1.05 bits per heavy atom. The van der Waals surface area contributed by atoms with E-state index in [0.717, 1.165) is 27.8 Å². The summed E-state index contributed by atoms with van der Waals surface area (Å²) >= 11 is 0. The number of hydrogen-bond donors (Lipinski definition) is 1. The van der Waals surface area contributed by atoms with E-state index in [4.69, 9.17) is 0 Å². The Morgan fingerprint density at radius 3 is 2.55 bits per heavy atom. The van der Waals surface area contributed by atoms with Crippen LogP contribution in [0.4, 0.5) is 10.5 Å². The molecule has 4 nitrogen and oxygen atoms in total. The number of anilines is 1. The molecule has 0 saturated carbocycles. The first-order valence-corrected chi connectivity index (χ1v) is 6.48. The standard InChI is InChI=1S/C16H15N3O/c1-11-7-3-5-9-14(11)17-16(20)19-15-10-6-4-8-13(15)12(2)18-19/h3-10H,1-2H3,(H,17,20). The molecule has 100 valence electrons. The largest absolute Gasteiger partial charge is 0.347 e. The Kier molecular flexibility index (Phi) is 2.99. The highest BCUT2D eigenvalue weighted by atomic mass is 16.2. The van der Waals surface area contributed by atoms with Gasteiger partial charge in [-0.1, -0.05) is 36.4 Å². The first-order valence-electron chi connectivity index (χ1n) is 6.48. The van der Waals surface area contributed by atoms with Crippen LogP contribution < -0.4 is 5.32 Å². The van der Waals surface area contributed by atoms with Crippen LogP contribution in [0.3, 0.4) is 0 Å². The lowest BCUT2D eigenvalue weighted by molar-refractivity contribution is 0.251. The fourth-order valence-corrected chi connectivity index (χ4v) is 2.26. The molecule has 1 amide bonds. The lowest BCUT2D eigenvalue weighted by Gasteiger charge is -2.08. The highest BCUT2D eigenvalue weighted by Gasteiger charge is 2.13. The number of amides is 1. The van der Waals surface area contributed by atoms with Crippen LogP contribution in [0.5, 0.6) is 0 Å². The van der Waals surface area contributed by atoms with Gasteiger partial charge < -0.3 is 5.32 Å². The molecule has 0 aliphatic rings. The predicted octanol–water partition coefficient (Wildman–Crippen LogP) is 3.73. The molecule has 1 heterocycles. The molecule has 0 saturated heterocycles. The van der Waals surface area contributed by atoms with E-state index in [2.05, 4.69) is 10.4 Å². The summed E-state index contributed by atoms with van der Waals surface area (Å²) < 4.78 is 1.41. The van der Waals surface area contributed by atoms with Crippen LogP contribution >= 0.6 is 0 Å². The summed E-state index contributed by atoms with van der Waals surface area (Å²) in [7, 11) is 0. The van der Waals surface area contributed by atoms with E-state index < -0.39 is 0 Å². The second kappa shape index (κ2) is 4.81. The summed E-state index contributed by atoms with van der Waals surface area (Å²) in [5.41, 5.74) is 3.49. The van der Waals surface area contributed by atoms with Gasteiger partial charge in [0.1, 0.15) is 0 Å². The van der Waals surface area contributed by atoms with Gasteiger partial charge in [-0.05, 0) is 31.5 Å². The zero-order valence-electron chi connectivity index (χ0n) is 11.4. The van der Waals surface area contributed by atoms with Crippen LogP contribution in [0.25, 0.3) is 10.9 Å². The van der Waals surface area contributed by atoms with Gasteiger partial charge in [0.05, 0.1) is 11.2 Å². The molecule has 20 heavy (non-hydrogen) atoms. The predicted molar refractivity (Wildman–Crippen MR) is 80.1 cm³/mol. The van der Waals surface area contributed by atoms with Crippen molar-refractivity contribution in [2.24, 2.45) is 0 Å². The lowest BCUT2D eigenvalue weighted by Crippen LogP contribution is -2.21. The van der Waals surface area contributed by atoms with Crippen LogP contribution in [0, 0.1) is 13.8 Å². The van der Waals surface area contributed by atoms with E-state index in [-0.39, 0.29) is 6.03 Å². The molecule has 3 rings (SSSR count). The van der Waals surface area contributed by atoms with Crippen molar-refractivity contribution in [2.45, 2.75) is 13.8 Å². The summed E-state index contributed by atoms with van der Waals surface area (Å²) in [6, 6.07) is 15.1. The Morgan fingerprint density at radius 2 is 1.75 bits per heavy atom. The molecule has 1 aromatic heterocycles. The minimum Gasteiger partial charge on any atom is -0.306 e. The Bertz CT molecular complexity index is 789. The lowest BCUT2D eigenvalue weighted by atomic mass is 10.2. The van der Waals surface area contributed by atoms with Crippen LogP contribution in [0.1, 0.15) is 11.3 Å². The number of benzene rings is 2. The van der Waals surface area contributed by atoms with Crippen molar-refractivity contribution >= 4 is 22.6 Å². The van der Waals surface area contributed by atoms with Gasteiger partial charge in [-0.3, -0.25) is 0 Å². The number of aryl methyl sites for hydroxylation is 2. The normalized spacial score (nSPS) is 10.7. The number of aromatic nitrogens is 2. The van der Waals surface area contributed by atoms with Gasteiger partial charge in [0, 0.05) is 11.1 Å². The molecule has 0 bridgehead atoms. The van der Waals surface area contributed by atoms with E-state index in [1.165, 1.54) is 4.68 Å². The summed E-state index contributed by atoms with van der Waals surface area (Å²) in [6.07, 6.45) is 0. The number of rotatable bonds is 1. The first kappa shape index (κ1) is 12.4. The molecule has 0 radical (unpaired) electrons. The SMILES string of the molecule is Cc1ccccc1NC(=O)n1nc(C)c2ccccc21. The maximum Gasteiger partial charge on any atom is 0.347 e. The van der Waals surface area contributed by atoms with Gasteiger partial charge in [-0.25, -0.2) is 4.79 Å². The van der Waals surface area contributed by atoms with Gasteiger partial charge in [0.2, 0.25) is 0 Å². The van der Waals surface area contributed by atoms with Gasteiger partial charge in [0.25, 0.3) is 0 Å². The van der Waals surface area contributed by atoms with E-state index >= 15 is 0 Å². The zero-order valence-corrected chi connectivity index (χ0v) is 11.4. The first-order chi connectivity index (χ1) is 9.66. The van der Waals surface area contributed by atoms with E-state index in [0.29, 0.717) is 0 Å². The third-order valence-electron chi connectivity index (χ3n) is 3.35. The Hall–Kier alpha value is -2.62. The third-order valence-corrected chi connectivity index (χ3v) is 3.35. The molecule has 4 heteroatoms. The van der Waals surface area contributed by atoms with Crippen LogP contribution in [0.2, 0.25) is 0 Å². The van der Waals surface area contributed by atoms with Gasteiger partial charge in [-0.15, -0.1) is 0 Å². The van der Waals surface area contributed by atoms with Crippen LogP contribution in [-0.2, 0) is 0 Å². The molecule has 0 aliphatic heterocycles. The van der Waals surface area contributed by atoms with E-state index in [1.807, 2.05) is 62.4 Å². The number of nitrogens with zero attached hydrogens (tertiary/aromatic N) is 2. The van der Waals surface area contributed by atoms with Gasteiger partial charge >= 0.3 is 6.03 Å². The quantitative estimate of drug-likeness (QED) is 0.728. The number of carbonyl (C=O) groups is 1. The molecular formula is C16H15N3O. The number of para-hydroxylation sites is 2. The maximum absolute atomic E-state index is 12.4. The van der Waals surface area contributed by atoms with Gasteiger partial charge in [-0.2, -0.15) is 9.78 Å². The van der Waals surface area contributed by atoms with Crippen molar-refractivity contribution < 1.29 is 4.79 Å². The highest BCUT2D eigenvalue weighted by molar-refractivity contribution is 5.98. The number of nitrogens with one attached hydrogen (secondary N) is 1. The van der Waals surface area contributed by atoms with Crippen molar-refractivity contribution in [2.75, 3.05) is 5.32 Å². The fraction of sp³-hybridized carbons (Fsp3) is 0.125. The maximum atomic E-state index is 12.4. The molecule has 0 unspecified atom stereocenters. The van der Waals surface area contributed by atoms with Crippen molar-refractivity contribution in [1.29, 1.82) is 0 Å². The molecule has 2 aromatic carbocycles. The second-order valence-electron chi connectivity index (χ2n) is 4.76. The monoisotopic (exact) mass is 265 g/mol. The molecular weight excluding hydrogens is 250 g/mol. The average molecular weight is 265 g/mol. The average Bonchev–Trinajstić information content (AvgIpc) is 2.79. The number of fused-ring (bicyclic) bond motifs is 1. The number of hydrogen-bond acceptors (Lipinski definition) is 2. The number of carbonyl (C=O) groups excluding carboxylic acids is 1. The molecule has 1 N–H and O–H groups in total. The fourth-order valence-electron chi connectivity index (χ4n) is 2.26. The zero-order chi connectivity index (χ0) is 14.1. The van der Waals surface area contributed by atoms with E-state index in [9.17, 15) is 4.79 Å². The summed E-state index contributed by atoms with van der Waals surface area (Å²) in [5.74, 6) is 0. The summed E-state index contributed by atoms with van der Waals surface area (Å²) in [5, 5.41) is 8.21. The van der Waals surface area contributed by atoms with Crippen molar-refractivity contribution in [3.8, 4) is 0 Å². The van der Waals surface area contributed by atoms with Crippen molar-refractivity contribution in [3.63, 3.8) is 0 Å². The van der Waals surface area contributed by atoms with Gasteiger partial charge in [0.15, 0.2) is 0 Å². The van der Waals surface area contributed by atoms with Crippen molar-refractivity contribution in [3.05, 3.63) is 59.8 Å². The van der Waals surface area contributed by atoms with Crippen LogP contribution in [0.15, 0.2) is 48.5 Å². The highest BCUT2D eigenvalue weighted by Crippen LogP contribution is 2.19. The molecule has 0 aliphatic carbocycles. The van der Waals surface area contributed by atoms with Crippen molar-refractivity contribution in [1.82, 2.24) is 9.78 Å². The van der Waals surface area contributed by atoms with E-state index in [1.54, 1.807) is 0 Å². The molecule has 0 atom stereocenters. The Labute approximate surface area is 117 Å². The van der Waals surface area contributed by atoms with Crippen LogP contribution in [-0.4, -0.2) is 15.8 Å². The minimum absolute atomic E-state index is 0.247.